The number of cyclic esters (lactones) is 1. The zero-order chi connectivity index (χ0) is 31.3. The Kier molecular flexibility index (Phi) is 7.99. The number of rotatable bonds is 8. The van der Waals surface area contributed by atoms with Gasteiger partial charge >= 0.3 is 5.97 Å². The third-order valence-electron chi connectivity index (χ3n) is 11.7. The topological polar surface area (TPSA) is 88.1 Å². The van der Waals surface area contributed by atoms with Crippen molar-refractivity contribution >= 4 is 17.7 Å². The van der Waals surface area contributed by atoms with Crippen molar-refractivity contribution < 1.29 is 23.5 Å². The van der Waals surface area contributed by atoms with Crippen LogP contribution in [0.2, 0.25) is 0 Å². The molecule has 0 radical (unpaired) electrons. The van der Waals surface area contributed by atoms with Gasteiger partial charge in [0, 0.05) is 43.1 Å². The SMILES string of the molecule is CCN(C(=O)c1cc(F)ccc1Oc1cncnc1N1CC2(CCN(C[C@H]3CC4CC[C@@H]3CC43COC(=O)C3)CC2)C1)C(C)C. The number of hydrogen-bond donors (Lipinski definition) is 0. The lowest BCUT2D eigenvalue weighted by Gasteiger charge is -2.56. The molecule has 2 bridgehead atoms. The maximum atomic E-state index is 14.3. The van der Waals surface area contributed by atoms with E-state index in [-0.39, 0.29) is 34.3 Å². The van der Waals surface area contributed by atoms with Crippen LogP contribution in [-0.2, 0) is 9.53 Å². The highest BCUT2D eigenvalue weighted by molar-refractivity contribution is 5.97. The molecule has 0 N–H and O–H groups in total. The first-order chi connectivity index (χ1) is 21.7. The molecule has 4 heterocycles. The molecule has 6 fully saturated rings. The van der Waals surface area contributed by atoms with Gasteiger partial charge in [0.25, 0.3) is 5.91 Å². The van der Waals surface area contributed by atoms with E-state index in [2.05, 4.69) is 19.8 Å². The molecule has 1 aromatic heterocycles. The summed E-state index contributed by atoms with van der Waals surface area (Å²) < 4.78 is 26.0. The molecule has 45 heavy (non-hydrogen) atoms. The summed E-state index contributed by atoms with van der Waals surface area (Å²) >= 11 is 0. The molecule has 3 saturated carbocycles. The van der Waals surface area contributed by atoms with Gasteiger partial charge in [0.15, 0.2) is 11.6 Å². The lowest BCUT2D eigenvalue weighted by atomic mass is 9.52. The second-order valence-corrected chi connectivity index (χ2v) is 14.7. The Labute approximate surface area is 265 Å². The molecule has 3 aliphatic heterocycles. The molecule has 3 aliphatic carbocycles. The van der Waals surface area contributed by atoms with Crippen LogP contribution in [0.15, 0.2) is 30.7 Å². The average molecular weight is 620 g/mol. The van der Waals surface area contributed by atoms with Crippen molar-refractivity contribution in [2.45, 2.75) is 71.8 Å². The van der Waals surface area contributed by atoms with Crippen molar-refractivity contribution in [3.8, 4) is 11.5 Å². The van der Waals surface area contributed by atoms with Crippen molar-refractivity contribution in [2.75, 3.05) is 50.8 Å². The largest absolute Gasteiger partial charge is 0.465 e. The van der Waals surface area contributed by atoms with E-state index in [9.17, 15) is 14.0 Å². The Bertz CT molecular complexity index is 1440. The highest BCUT2D eigenvalue weighted by Crippen LogP contribution is 2.58. The van der Waals surface area contributed by atoms with Crippen molar-refractivity contribution in [3.05, 3.63) is 42.1 Å². The highest BCUT2D eigenvalue weighted by atomic mass is 19.1. The second kappa shape index (κ2) is 11.8. The number of likely N-dealkylation sites (tertiary alicyclic amines) is 1. The Morgan fingerprint density at radius 2 is 2.00 bits per heavy atom. The molecule has 9 nitrogen and oxygen atoms in total. The lowest BCUT2D eigenvalue weighted by molar-refractivity contribution is -0.137. The quantitative estimate of drug-likeness (QED) is 0.356. The van der Waals surface area contributed by atoms with Crippen LogP contribution in [0.5, 0.6) is 11.5 Å². The molecule has 3 saturated heterocycles. The highest BCUT2D eigenvalue weighted by Gasteiger charge is 2.55. The van der Waals surface area contributed by atoms with E-state index < -0.39 is 5.82 Å². The zero-order valence-electron chi connectivity index (χ0n) is 26.8. The Morgan fingerprint density at radius 3 is 2.67 bits per heavy atom. The van der Waals surface area contributed by atoms with Crippen LogP contribution < -0.4 is 9.64 Å². The van der Waals surface area contributed by atoms with Gasteiger partial charge in [0.1, 0.15) is 17.9 Å². The van der Waals surface area contributed by atoms with Gasteiger partial charge in [-0.25, -0.2) is 14.4 Å². The second-order valence-electron chi connectivity index (χ2n) is 14.7. The molecule has 242 valence electrons. The number of hydrogen-bond acceptors (Lipinski definition) is 8. The average Bonchev–Trinajstić information content (AvgIpc) is 3.38. The molecule has 2 aromatic rings. The van der Waals surface area contributed by atoms with Crippen LogP contribution in [-0.4, -0.2) is 83.6 Å². The third kappa shape index (κ3) is 5.68. The van der Waals surface area contributed by atoms with E-state index in [0.717, 1.165) is 50.9 Å². The third-order valence-corrected chi connectivity index (χ3v) is 11.7. The molecule has 4 atom stereocenters. The first kappa shape index (κ1) is 30.4. The number of aromatic nitrogens is 2. The number of benzene rings is 1. The monoisotopic (exact) mass is 619 g/mol. The molecule has 1 amide bonds. The number of piperidine rings is 1. The molecular weight excluding hydrogens is 573 g/mol. The Hall–Kier alpha value is -3.27. The standard InChI is InChI=1S/C35H46FN5O4/c1-4-41(23(2)3)33(43)28-14-27(36)7-8-29(28)45-30-17-37-22-38-32(30)40-19-34(20-40)9-11-39(12-10-34)18-25-13-26-6-5-24(25)15-35(26)16-31(42)44-21-35/h7-8,14,17,22-26H,4-6,9-13,15-16,18-21H2,1-3H3/t24-,25-,26?,35?/m1/s1. The van der Waals surface area contributed by atoms with E-state index in [1.807, 2.05) is 20.8 Å². The summed E-state index contributed by atoms with van der Waals surface area (Å²) in [5.41, 5.74) is 0.601. The minimum atomic E-state index is -0.481. The summed E-state index contributed by atoms with van der Waals surface area (Å²) in [4.78, 5) is 40.7. The van der Waals surface area contributed by atoms with Gasteiger partial charge in [-0.3, -0.25) is 9.59 Å². The van der Waals surface area contributed by atoms with Crippen LogP contribution in [0.4, 0.5) is 10.2 Å². The smallest absolute Gasteiger partial charge is 0.306 e. The van der Waals surface area contributed by atoms with Crippen molar-refractivity contribution in [3.63, 3.8) is 0 Å². The maximum Gasteiger partial charge on any atom is 0.306 e. The lowest BCUT2D eigenvalue weighted by Crippen LogP contribution is -2.61. The number of esters is 1. The predicted octanol–water partition coefficient (Wildman–Crippen LogP) is 5.55. The number of amides is 1. The maximum absolute atomic E-state index is 14.3. The summed E-state index contributed by atoms with van der Waals surface area (Å²) in [5.74, 6) is 2.85. The van der Waals surface area contributed by atoms with E-state index in [0.29, 0.717) is 42.8 Å². The van der Waals surface area contributed by atoms with Crippen molar-refractivity contribution in [2.24, 2.45) is 28.6 Å². The fourth-order valence-electron chi connectivity index (χ4n) is 9.24. The Morgan fingerprint density at radius 1 is 1.20 bits per heavy atom. The number of ether oxygens (including phenoxy) is 2. The summed E-state index contributed by atoms with van der Waals surface area (Å²) in [6.07, 6.45) is 11.1. The number of nitrogens with zero attached hydrogens (tertiary/aromatic N) is 5. The van der Waals surface area contributed by atoms with Gasteiger partial charge in [0.2, 0.25) is 0 Å². The molecule has 2 spiro atoms. The number of anilines is 1. The summed E-state index contributed by atoms with van der Waals surface area (Å²) in [5, 5.41) is 0. The number of fused-ring (bicyclic) bond motifs is 2. The summed E-state index contributed by atoms with van der Waals surface area (Å²) in [6.45, 7) is 12.2. The van der Waals surface area contributed by atoms with Crippen molar-refractivity contribution in [1.29, 1.82) is 0 Å². The zero-order valence-corrected chi connectivity index (χ0v) is 26.8. The predicted molar refractivity (Wildman–Crippen MR) is 168 cm³/mol. The normalized spacial score (nSPS) is 28.9. The first-order valence-corrected chi connectivity index (χ1v) is 16.9. The van der Waals surface area contributed by atoms with Gasteiger partial charge < -0.3 is 24.2 Å². The Balaban J connectivity index is 0.965. The fourth-order valence-corrected chi connectivity index (χ4v) is 9.24. The molecular formula is C35H46FN5O4. The molecule has 10 heteroatoms. The van der Waals surface area contributed by atoms with E-state index in [1.54, 1.807) is 11.1 Å². The first-order valence-electron chi connectivity index (χ1n) is 16.9. The molecule has 6 aliphatic rings. The molecule has 8 rings (SSSR count). The fraction of sp³-hybridized carbons (Fsp3) is 0.657. The minimum absolute atomic E-state index is 0.0101. The van der Waals surface area contributed by atoms with E-state index in [4.69, 9.17) is 9.47 Å². The number of carbonyl (C=O) groups excluding carboxylic acids is 2. The molecule has 1 aromatic carbocycles. The van der Waals surface area contributed by atoms with E-state index >= 15 is 0 Å². The van der Waals surface area contributed by atoms with Crippen LogP contribution in [0.25, 0.3) is 0 Å². The van der Waals surface area contributed by atoms with Crippen LogP contribution in [0.3, 0.4) is 0 Å². The van der Waals surface area contributed by atoms with Gasteiger partial charge in [-0.2, -0.15) is 0 Å². The number of halogens is 1. The summed E-state index contributed by atoms with van der Waals surface area (Å²) in [7, 11) is 0. The van der Waals surface area contributed by atoms with Crippen LogP contribution >= 0.6 is 0 Å². The van der Waals surface area contributed by atoms with Crippen LogP contribution in [0.1, 0.15) is 76.1 Å². The van der Waals surface area contributed by atoms with Gasteiger partial charge in [-0.05, 0) is 108 Å². The van der Waals surface area contributed by atoms with E-state index in [1.165, 1.54) is 56.8 Å². The van der Waals surface area contributed by atoms with Gasteiger partial charge in [-0.1, -0.05) is 0 Å². The summed E-state index contributed by atoms with van der Waals surface area (Å²) in [6, 6.07) is 4.05. The van der Waals surface area contributed by atoms with Crippen LogP contribution in [0, 0.1) is 34.4 Å². The van der Waals surface area contributed by atoms with Gasteiger partial charge in [-0.15, -0.1) is 0 Å². The minimum Gasteiger partial charge on any atom is -0.465 e. The van der Waals surface area contributed by atoms with Gasteiger partial charge in [0.05, 0.1) is 24.8 Å². The van der Waals surface area contributed by atoms with Crippen molar-refractivity contribution in [1.82, 2.24) is 19.8 Å². The number of carbonyl (C=O) groups is 2. The molecule has 2 unspecified atom stereocenters.